The van der Waals surface area contributed by atoms with Crippen LogP contribution in [0.1, 0.15) is 23.3 Å². The molecule has 1 atom stereocenters. The Morgan fingerprint density at radius 1 is 1.26 bits per heavy atom. The Balaban J connectivity index is 1.49. The van der Waals surface area contributed by atoms with Crippen LogP contribution in [-0.2, 0) is 16.4 Å². The van der Waals surface area contributed by atoms with Crippen LogP contribution >= 0.6 is 11.3 Å². The maximum absolute atomic E-state index is 12.7. The van der Waals surface area contributed by atoms with Crippen molar-refractivity contribution in [2.24, 2.45) is 4.99 Å². The van der Waals surface area contributed by atoms with Gasteiger partial charge in [0.1, 0.15) is 0 Å². The fourth-order valence-corrected chi connectivity index (χ4v) is 5.36. The van der Waals surface area contributed by atoms with Crippen LogP contribution in [0.4, 0.5) is 5.69 Å². The van der Waals surface area contributed by atoms with E-state index in [-0.39, 0.29) is 5.75 Å². The first-order valence-corrected chi connectivity index (χ1v) is 11.6. The lowest BCUT2D eigenvalue weighted by Gasteiger charge is -2.20. The van der Waals surface area contributed by atoms with E-state index in [9.17, 15) is 8.42 Å². The topological polar surface area (TPSA) is 73.8 Å². The number of nitrogens with zero attached hydrogens (tertiary/aromatic N) is 2. The van der Waals surface area contributed by atoms with Crippen molar-refractivity contribution in [1.29, 1.82) is 0 Å². The minimum atomic E-state index is -3.35. The second kappa shape index (κ2) is 8.75. The first-order valence-electron chi connectivity index (χ1n) is 9.07. The van der Waals surface area contributed by atoms with E-state index in [1.807, 2.05) is 30.3 Å². The summed E-state index contributed by atoms with van der Waals surface area (Å²) in [5.74, 6) is 1.02. The number of hydrogen-bond acceptors (Lipinski definition) is 4. The SMILES string of the molecule is CN=C(NCCS(=O)(=O)N1CCc2ccccc21)NCC(C)c1cccs1. The highest BCUT2D eigenvalue weighted by Gasteiger charge is 2.28. The summed E-state index contributed by atoms with van der Waals surface area (Å²) in [6, 6.07) is 11.9. The van der Waals surface area contributed by atoms with Gasteiger partial charge in [0.15, 0.2) is 5.96 Å². The van der Waals surface area contributed by atoms with Crippen LogP contribution in [0.15, 0.2) is 46.8 Å². The summed E-state index contributed by atoms with van der Waals surface area (Å²) in [4.78, 5) is 5.50. The van der Waals surface area contributed by atoms with Gasteiger partial charge in [0.05, 0.1) is 11.4 Å². The molecule has 3 rings (SSSR count). The second-order valence-electron chi connectivity index (χ2n) is 6.56. The van der Waals surface area contributed by atoms with Crippen molar-refractivity contribution < 1.29 is 8.42 Å². The molecule has 0 fully saturated rings. The van der Waals surface area contributed by atoms with Crippen LogP contribution in [0.2, 0.25) is 0 Å². The average Bonchev–Trinajstić information content (AvgIpc) is 3.34. The number of aliphatic imine (C=N–C) groups is 1. The fraction of sp³-hybridized carbons (Fsp3) is 0.421. The van der Waals surface area contributed by atoms with Gasteiger partial charge in [0, 0.05) is 37.5 Å². The molecule has 27 heavy (non-hydrogen) atoms. The summed E-state index contributed by atoms with van der Waals surface area (Å²) in [7, 11) is -1.66. The zero-order valence-corrected chi connectivity index (χ0v) is 17.3. The Kier molecular flexibility index (Phi) is 6.38. The van der Waals surface area contributed by atoms with E-state index in [4.69, 9.17) is 0 Å². The third-order valence-corrected chi connectivity index (χ3v) is 7.54. The van der Waals surface area contributed by atoms with Crippen molar-refractivity contribution in [1.82, 2.24) is 10.6 Å². The van der Waals surface area contributed by atoms with Gasteiger partial charge in [-0.1, -0.05) is 31.2 Å². The maximum atomic E-state index is 12.7. The highest BCUT2D eigenvalue weighted by atomic mass is 32.2. The Hall–Kier alpha value is -2.06. The van der Waals surface area contributed by atoms with Crippen molar-refractivity contribution in [3.05, 3.63) is 52.2 Å². The second-order valence-corrected chi connectivity index (χ2v) is 9.56. The number of rotatable bonds is 7. The van der Waals surface area contributed by atoms with E-state index in [1.165, 1.54) is 9.18 Å². The minimum Gasteiger partial charge on any atom is -0.356 e. The van der Waals surface area contributed by atoms with Gasteiger partial charge in [-0.2, -0.15) is 0 Å². The largest absolute Gasteiger partial charge is 0.356 e. The predicted octanol–water partition coefficient (Wildman–Crippen LogP) is 2.41. The highest BCUT2D eigenvalue weighted by molar-refractivity contribution is 7.92. The van der Waals surface area contributed by atoms with Crippen LogP contribution < -0.4 is 14.9 Å². The van der Waals surface area contributed by atoms with Gasteiger partial charge in [-0.05, 0) is 29.5 Å². The molecule has 1 aromatic heterocycles. The summed E-state index contributed by atoms with van der Waals surface area (Å²) < 4.78 is 27.0. The van der Waals surface area contributed by atoms with Crippen molar-refractivity contribution in [2.75, 3.05) is 36.7 Å². The summed E-state index contributed by atoms with van der Waals surface area (Å²) >= 11 is 1.73. The van der Waals surface area contributed by atoms with Gasteiger partial charge in [0.25, 0.3) is 0 Å². The third-order valence-electron chi connectivity index (χ3n) is 4.66. The van der Waals surface area contributed by atoms with E-state index in [0.717, 1.165) is 24.2 Å². The van der Waals surface area contributed by atoms with E-state index in [1.54, 1.807) is 18.4 Å². The van der Waals surface area contributed by atoms with Gasteiger partial charge >= 0.3 is 0 Å². The summed E-state index contributed by atoms with van der Waals surface area (Å²) in [5, 5.41) is 8.45. The predicted molar refractivity (Wildman–Crippen MR) is 113 cm³/mol. The van der Waals surface area contributed by atoms with Crippen molar-refractivity contribution in [3.8, 4) is 0 Å². The molecule has 1 aromatic carbocycles. The van der Waals surface area contributed by atoms with E-state index >= 15 is 0 Å². The lowest BCUT2D eigenvalue weighted by molar-refractivity contribution is 0.590. The van der Waals surface area contributed by atoms with Gasteiger partial charge in [-0.15, -0.1) is 11.3 Å². The zero-order chi connectivity index (χ0) is 19.3. The Labute approximate surface area is 165 Å². The van der Waals surface area contributed by atoms with Crippen LogP contribution in [0.5, 0.6) is 0 Å². The third kappa shape index (κ3) is 4.81. The van der Waals surface area contributed by atoms with Crippen molar-refractivity contribution in [3.63, 3.8) is 0 Å². The van der Waals surface area contributed by atoms with Crippen molar-refractivity contribution in [2.45, 2.75) is 19.3 Å². The van der Waals surface area contributed by atoms with E-state index in [2.05, 4.69) is 34.0 Å². The van der Waals surface area contributed by atoms with Crippen LogP contribution in [0.3, 0.4) is 0 Å². The lowest BCUT2D eigenvalue weighted by atomic mass is 10.1. The molecule has 0 radical (unpaired) electrons. The average molecular weight is 407 g/mol. The summed E-state index contributed by atoms with van der Waals surface area (Å²) in [6.07, 6.45) is 0.771. The zero-order valence-electron chi connectivity index (χ0n) is 15.7. The fourth-order valence-electron chi connectivity index (χ4n) is 3.15. The Morgan fingerprint density at radius 3 is 2.81 bits per heavy atom. The molecule has 0 saturated carbocycles. The first-order chi connectivity index (χ1) is 13.0. The number of para-hydroxylation sites is 1. The molecule has 6 nitrogen and oxygen atoms in total. The molecular formula is C19H26N4O2S2. The molecule has 0 saturated heterocycles. The van der Waals surface area contributed by atoms with Crippen LogP contribution in [0, 0.1) is 0 Å². The number of benzene rings is 1. The van der Waals surface area contributed by atoms with Crippen LogP contribution in [-0.4, -0.2) is 46.8 Å². The molecule has 2 heterocycles. The maximum Gasteiger partial charge on any atom is 0.236 e. The number of guanidine groups is 1. The molecule has 0 spiro atoms. The van der Waals surface area contributed by atoms with Gasteiger partial charge in [-0.25, -0.2) is 8.42 Å². The molecule has 0 aliphatic carbocycles. The molecule has 0 amide bonds. The number of nitrogens with one attached hydrogen (secondary N) is 2. The molecule has 8 heteroatoms. The molecule has 1 unspecified atom stereocenters. The summed E-state index contributed by atoms with van der Waals surface area (Å²) in [5.41, 5.74) is 1.90. The number of anilines is 1. The highest BCUT2D eigenvalue weighted by Crippen LogP contribution is 2.29. The molecule has 2 N–H and O–H groups in total. The van der Waals surface area contributed by atoms with Gasteiger partial charge < -0.3 is 10.6 Å². The molecular weight excluding hydrogens is 380 g/mol. The molecule has 2 aromatic rings. The van der Waals surface area contributed by atoms with E-state index < -0.39 is 10.0 Å². The van der Waals surface area contributed by atoms with Gasteiger partial charge in [-0.3, -0.25) is 9.30 Å². The quantitative estimate of drug-likeness (QED) is 0.547. The monoisotopic (exact) mass is 406 g/mol. The molecule has 146 valence electrons. The Morgan fingerprint density at radius 2 is 2.07 bits per heavy atom. The summed E-state index contributed by atoms with van der Waals surface area (Å²) in [6.45, 7) is 3.73. The van der Waals surface area contributed by atoms with Crippen molar-refractivity contribution >= 4 is 33.0 Å². The standard InChI is InChI=1S/C19H26N4O2S2/c1-15(18-8-5-12-26-18)14-22-19(20-2)21-10-13-27(24,25)23-11-9-16-6-3-4-7-17(16)23/h3-8,12,15H,9-11,13-14H2,1-2H3,(H2,20,21,22). The molecule has 1 aliphatic rings. The number of sulfonamides is 1. The first kappa shape index (κ1) is 19.7. The van der Waals surface area contributed by atoms with Crippen LogP contribution in [0.25, 0.3) is 0 Å². The number of hydrogen-bond donors (Lipinski definition) is 2. The smallest absolute Gasteiger partial charge is 0.236 e. The lowest BCUT2D eigenvalue weighted by Crippen LogP contribution is -2.42. The van der Waals surface area contributed by atoms with Gasteiger partial charge in [0.2, 0.25) is 10.0 Å². The molecule has 1 aliphatic heterocycles. The number of thiophene rings is 1. The minimum absolute atomic E-state index is 0.0303. The number of fused-ring (bicyclic) bond motifs is 1. The molecule has 0 bridgehead atoms. The van der Waals surface area contributed by atoms with E-state index in [0.29, 0.717) is 25.0 Å². The Bertz CT molecular complexity index is 879. The normalized spacial score (nSPS) is 15.5.